The highest BCUT2D eigenvalue weighted by atomic mass is 35.5. The van der Waals surface area contributed by atoms with Crippen LogP contribution in [0.4, 0.5) is 18.9 Å². The van der Waals surface area contributed by atoms with Crippen LogP contribution in [0.15, 0.2) is 78.0 Å². The second kappa shape index (κ2) is 11.8. The molecular weight excluding hydrogens is 600 g/mol. The van der Waals surface area contributed by atoms with Crippen LogP contribution in [-0.2, 0) is 13.1 Å². The van der Waals surface area contributed by atoms with E-state index in [-0.39, 0.29) is 28.9 Å². The minimum Gasteiger partial charge on any atom is -0.382 e. The van der Waals surface area contributed by atoms with Gasteiger partial charge in [-0.3, -0.25) is 9.36 Å². The first kappa shape index (κ1) is 29.0. The van der Waals surface area contributed by atoms with Gasteiger partial charge in [0.05, 0.1) is 29.7 Å². The number of aliphatic hydroxyl groups is 1. The summed E-state index contributed by atoms with van der Waals surface area (Å²) < 4.78 is 42.3. The van der Waals surface area contributed by atoms with Gasteiger partial charge in [0.2, 0.25) is 0 Å². The van der Waals surface area contributed by atoms with Crippen molar-refractivity contribution in [2.45, 2.75) is 25.4 Å². The average Bonchev–Trinajstić information content (AvgIpc) is 3.55. The van der Waals surface area contributed by atoms with Crippen LogP contribution in [-0.4, -0.2) is 57.4 Å². The number of anilines is 1. The number of carbonyl (C=O) groups is 1. The molecule has 3 aromatic heterocycles. The Morgan fingerprint density at radius 1 is 1.00 bits per heavy atom. The van der Waals surface area contributed by atoms with Crippen LogP contribution in [0.3, 0.4) is 0 Å². The number of para-hydroxylation sites is 1. The van der Waals surface area contributed by atoms with Gasteiger partial charge in [-0.1, -0.05) is 35.3 Å². The molecule has 3 heterocycles. The lowest BCUT2D eigenvalue weighted by Crippen LogP contribution is -2.37. The van der Waals surface area contributed by atoms with Crippen molar-refractivity contribution < 1.29 is 23.1 Å². The number of halogens is 5. The van der Waals surface area contributed by atoms with Gasteiger partial charge in [0, 0.05) is 10.6 Å². The number of carbonyl (C=O) groups excluding carboxylic acids is 1. The maximum atomic E-state index is 13.1. The molecule has 1 atom stereocenters. The van der Waals surface area contributed by atoms with Crippen LogP contribution < -0.4 is 11.0 Å². The van der Waals surface area contributed by atoms with E-state index in [4.69, 9.17) is 23.2 Å². The zero-order valence-electron chi connectivity index (χ0n) is 21.2. The number of aromatic nitrogens is 7. The highest BCUT2D eigenvalue weighted by Crippen LogP contribution is 2.24. The molecule has 2 N–H and O–H groups in total. The van der Waals surface area contributed by atoms with E-state index < -0.39 is 30.4 Å². The highest BCUT2D eigenvalue weighted by molar-refractivity contribution is 6.30. The summed E-state index contributed by atoms with van der Waals surface area (Å²) in [5, 5.41) is 21.6. The summed E-state index contributed by atoms with van der Waals surface area (Å²) in [6.45, 7) is -1.39. The van der Waals surface area contributed by atoms with Crippen molar-refractivity contribution in [3.8, 4) is 17.1 Å². The number of alkyl halides is 3. The summed E-state index contributed by atoms with van der Waals surface area (Å²) in [5.74, 6) is -0.492. The van der Waals surface area contributed by atoms with Crippen molar-refractivity contribution in [3.63, 3.8) is 0 Å². The topological polar surface area (TPSA) is 133 Å². The molecule has 0 bridgehead atoms. The van der Waals surface area contributed by atoms with Crippen molar-refractivity contribution in [1.29, 1.82) is 0 Å². The minimum absolute atomic E-state index is 0.0814. The van der Waals surface area contributed by atoms with Crippen LogP contribution in [0.5, 0.6) is 0 Å². The fourth-order valence-corrected chi connectivity index (χ4v) is 4.17. The predicted molar refractivity (Wildman–Crippen MR) is 147 cm³/mol. The summed E-state index contributed by atoms with van der Waals surface area (Å²) in [7, 11) is 0. The third-order valence-electron chi connectivity index (χ3n) is 5.97. The lowest BCUT2D eigenvalue weighted by Gasteiger charge is -2.15. The van der Waals surface area contributed by atoms with E-state index >= 15 is 0 Å². The van der Waals surface area contributed by atoms with Crippen LogP contribution in [0.1, 0.15) is 16.2 Å². The Hall–Kier alpha value is -4.53. The molecule has 0 saturated heterocycles. The molecule has 0 aliphatic rings. The Kier molecular flexibility index (Phi) is 8.11. The molecule has 1 amide bonds. The molecule has 2 aromatic carbocycles. The zero-order chi connectivity index (χ0) is 30.0. The van der Waals surface area contributed by atoms with Crippen LogP contribution >= 0.6 is 23.2 Å². The first-order valence-electron chi connectivity index (χ1n) is 12.1. The molecule has 0 fully saturated rings. The van der Waals surface area contributed by atoms with E-state index in [1.54, 1.807) is 30.3 Å². The SMILES string of the molecule is O=C(Nc1ccc(Cl)nc1)c1ccccc1-n1cnc(Cn2nc(-c3ccc(Cl)cc3)n(C[C@H](O)C(F)(F)F)c2=O)n1. The monoisotopic (exact) mass is 618 g/mol. The summed E-state index contributed by atoms with van der Waals surface area (Å²) in [6.07, 6.45) is -5.04. The Balaban J connectivity index is 1.44. The number of amides is 1. The lowest BCUT2D eigenvalue weighted by atomic mass is 10.1. The molecule has 5 aromatic rings. The maximum Gasteiger partial charge on any atom is 0.416 e. The molecule has 0 unspecified atom stereocenters. The molecule has 0 aliphatic heterocycles. The molecular formula is C26H19Cl2F3N8O3. The van der Waals surface area contributed by atoms with Gasteiger partial charge in [-0.05, 0) is 48.5 Å². The second-order valence-electron chi connectivity index (χ2n) is 8.88. The molecule has 0 spiro atoms. The van der Waals surface area contributed by atoms with Crippen LogP contribution in [0, 0.1) is 0 Å². The molecule has 42 heavy (non-hydrogen) atoms. The number of nitrogens with zero attached hydrogens (tertiary/aromatic N) is 7. The number of hydrogen-bond acceptors (Lipinski definition) is 7. The number of pyridine rings is 1. The Bertz CT molecular complexity index is 1780. The van der Waals surface area contributed by atoms with E-state index in [0.717, 1.165) is 9.25 Å². The molecule has 11 nitrogen and oxygen atoms in total. The normalized spacial score (nSPS) is 12.3. The van der Waals surface area contributed by atoms with Gasteiger partial charge in [-0.15, -0.1) is 10.2 Å². The Morgan fingerprint density at radius 2 is 1.74 bits per heavy atom. The summed E-state index contributed by atoms with van der Waals surface area (Å²) in [5.41, 5.74) is 0.413. The van der Waals surface area contributed by atoms with Crippen LogP contribution in [0.25, 0.3) is 17.1 Å². The molecule has 0 saturated carbocycles. The van der Waals surface area contributed by atoms with Gasteiger partial charge in [-0.25, -0.2) is 24.1 Å². The fourth-order valence-electron chi connectivity index (χ4n) is 3.93. The average molecular weight is 619 g/mol. The van der Waals surface area contributed by atoms with Gasteiger partial charge in [0.15, 0.2) is 17.8 Å². The number of benzene rings is 2. The molecule has 0 aliphatic carbocycles. The smallest absolute Gasteiger partial charge is 0.382 e. The molecule has 16 heteroatoms. The van der Waals surface area contributed by atoms with Crippen molar-refractivity contribution in [1.82, 2.24) is 34.1 Å². The molecule has 216 valence electrons. The highest BCUT2D eigenvalue weighted by Gasteiger charge is 2.39. The number of aliphatic hydroxyl groups excluding tert-OH is 1. The first-order chi connectivity index (χ1) is 20.0. The maximum absolute atomic E-state index is 13.1. The summed E-state index contributed by atoms with van der Waals surface area (Å²) in [4.78, 5) is 34.2. The predicted octanol–water partition coefficient (Wildman–Crippen LogP) is 4.22. The van der Waals surface area contributed by atoms with Gasteiger partial charge in [0.25, 0.3) is 5.91 Å². The van der Waals surface area contributed by atoms with E-state index in [1.807, 2.05) is 0 Å². The summed E-state index contributed by atoms with van der Waals surface area (Å²) >= 11 is 11.7. The second-order valence-corrected chi connectivity index (χ2v) is 9.71. The number of nitrogens with one attached hydrogen (secondary N) is 1. The molecule has 5 rings (SSSR count). The third-order valence-corrected chi connectivity index (χ3v) is 6.45. The Labute approximate surface area is 244 Å². The van der Waals surface area contributed by atoms with Crippen molar-refractivity contribution in [2.24, 2.45) is 0 Å². The van der Waals surface area contributed by atoms with E-state index in [0.29, 0.717) is 22.0 Å². The van der Waals surface area contributed by atoms with E-state index in [2.05, 4.69) is 25.5 Å². The quantitative estimate of drug-likeness (QED) is 0.249. The van der Waals surface area contributed by atoms with Gasteiger partial charge in [0.1, 0.15) is 18.0 Å². The van der Waals surface area contributed by atoms with E-state index in [9.17, 15) is 27.9 Å². The minimum atomic E-state index is -4.96. The van der Waals surface area contributed by atoms with Crippen molar-refractivity contribution in [2.75, 3.05) is 5.32 Å². The fraction of sp³-hybridized carbons (Fsp3) is 0.154. The van der Waals surface area contributed by atoms with Crippen molar-refractivity contribution >= 4 is 34.8 Å². The number of rotatable bonds is 8. The standard InChI is InChI=1S/C26H19Cl2F3N8O3/c27-16-7-5-15(6-8-16)23-36-38(25(42)37(23)12-20(40)26(29,30)31)13-22-33-14-39(35-22)19-4-2-1-3-18(19)24(41)34-17-9-10-21(28)32-11-17/h1-11,14,20,40H,12-13H2,(H,34,41)/t20-/m0/s1. The van der Waals surface area contributed by atoms with Gasteiger partial charge < -0.3 is 10.4 Å². The van der Waals surface area contributed by atoms with Gasteiger partial charge >= 0.3 is 11.9 Å². The van der Waals surface area contributed by atoms with Crippen molar-refractivity contribution in [3.05, 3.63) is 105 Å². The van der Waals surface area contributed by atoms with E-state index in [1.165, 1.54) is 47.5 Å². The summed E-state index contributed by atoms with van der Waals surface area (Å²) in [6, 6.07) is 15.6. The lowest BCUT2D eigenvalue weighted by molar-refractivity contribution is -0.207. The zero-order valence-corrected chi connectivity index (χ0v) is 22.7. The van der Waals surface area contributed by atoms with Gasteiger partial charge in [-0.2, -0.15) is 13.2 Å². The first-order valence-corrected chi connectivity index (χ1v) is 12.9. The largest absolute Gasteiger partial charge is 0.416 e. The molecule has 0 radical (unpaired) electrons. The third kappa shape index (κ3) is 6.35. The number of hydrogen-bond donors (Lipinski definition) is 2. The Morgan fingerprint density at radius 3 is 2.43 bits per heavy atom. The van der Waals surface area contributed by atoms with Crippen LogP contribution in [0.2, 0.25) is 10.2 Å².